The number of hydrogen-bond donors (Lipinski definition) is 1. The Morgan fingerprint density at radius 3 is 2.68 bits per heavy atom. The van der Waals surface area contributed by atoms with Crippen LogP contribution in [-0.4, -0.2) is 49.8 Å². The monoisotopic (exact) mass is 345 g/mol. The minimum absolute atomic E-state index is 0.131. The minimum atomic E-state index is 0.131. The van der Waals surface area contributed by atoms with E-state index in [1.54, 1.807) is 7.11 Å². The molecule has 2 heterocycles. The van der Waals surface area contributed by atoms with E-state index in [0.29, 0.717) is 12.0 Å². The van der Waals surface area contributed by atoms with Gasteiger partial charge in [-0.3, -0.25) is 0 Å². The summed E-state index contributed by atoms with van der Waals surface area (Å²) in [4.78, 5) is 17.1. The quantitative estimate of drug-likeness (QED) is 0.908. The van der Waals surface area contributed by atoms with Crippen LogP contribution >= 0.6 is 0 Å². The van der Waals surface area contributed by atoms with Crippen LogP contribution in [0.15, 0.2) is 24.3 Å². The predicted molar refractivity (Wildman–Crippen MR) is 101 cm³/mol. The normalized spacial score (nSPS) is 24.4. The predicted octanol–water partition coefficient (Wildman–Crippen LogP) is 3.49. The Balaban J connectivity index is 1.53. The zero-order chi connectivity index (χ0) is 17.8. The van der Waals surface area contributed by atoms with Crippen LogP contribution in [0.2, 0.25) is 0 Å². The number of piperidine rings is 1. The lowest BCUT2D eigenvalue weighted by atomic mass is 10.0. The number of ether oxygens (including phenoxy) is 1. The molecule has 0 aromatic heterocycles. The molecule has 1 aromatic rings. The molecule has 2 unspecified atom stereocenters. The summed E-state index contributed by atoms with van der Waals surface area (Å²) in [6.07, 6.45) is 4.13. The average molecular weight is 345 g/mol. The van der Waals surface area contributed by atoms with Gasteiger partial charge < -0.3 is 19.9 Å². The highest BCUT2D eigenvalue weighted by Gasteiger charge is 2.33. The highest BCUT2D eigenvalue weighted by molar-refractivity contribution is 5.75. The topological polar surface area (TPSA) is 44.8 Å². The lowest BCUT2D eigenvalue weighted by molar-refractivity contribution is 0.184. The fourth-order valence-corrected chi connectivity index (χ4v) is 4.20. The largest absolute Gasteiger partial charge is 0.495 e. The van der Waals surface area contributed by atoms with Gasteiger partial charge in [0.25, 0.3) is 0 Å². The summed E-state index contributed by atoms with van der Waals surface area (Å²) < 4.78 is 5.47. The molecule has 3 rings (SSSR count). The van der Waals surface area contributed by atoms with E-state index in [2.05, 4.69) is 35.0 Å². The second kappa shape index (κ2) is 7.98. The van der Waals surface area contributed by atoms with Gasteiger partial charge in [0, 0.05) is 31.7 Å². The van der Waals surface area contributed by atoms with Crippen LogP contribution in [0.3, 0.4) is 0 Å². The summed E-state index contributed by atoms with van der Waals surface area (Å²) in [7, 11) is 1.72. The molecule has 0 saturated carbocycles. The van der Waals surface area contributed by atoms with Crippen molar-refractivity contribution in [1.29, 1.82) is 0 Å². The van der Waals surface area contributed by atoms with E-state index in [1.165, 1.54) is 0 Å². The zero-order valence-electron chi connectivity index (χ0n) is 15.7. The van der Waals surface area contributed by atoms with E-state index in [1.807, 2.05) is 18.2 Å². The van der Waals surface area contributed by atoms with Crippen molar-refractivity contribution >= 4 is 11.7 Å². The smallest absolute Gasteiger partial charge is 0.317 e. The van der Waals surface area contributed by atoms with Crippen molar-refractivity contribution < 1.29 is 9.53 Å². The Morgan fingerprint density at radius 1 is 1.28 bits per heavy atom. The molecule has 2 aliphatic rings. The Kier molecular flexibility index (Phi) is 5.71. The van der Waals surface area contributed by atoms with E-state index in [4.69, 9.17) is 4.74 Å². The number of anilines is 1. The van der Waals surface area contributed by atoms with Gasteiger partial charge in [-0.25, -0.2) is 4.79 Å². The van der Waals surface area contributed by atoms with Gasteiger partial charge in [0.2, 0.25) is 0 Å². The molecule has 1 aromatic carbocycles. The first-order chi connectivity index (χ1) is 12.1. The molecule has 5 nitrogen and oxygen atoms in total. The van der Waals surface area contributed by atoms with Crippen LogP contribution in [0.4, 0.5) is 10.5 Å². The van der Waals surface area contributed by atoms with Crippen LogP contribution in [-0.2, 0) is 0 Å². The number of para-hydroxylation sites is 2. The highest BCUT2D eigenvalue weighted by atomic mass is 16.5. The van der Waals surface area contributed by atoms with Gasteiger partial charge in [-0.2, -0.15) is 0 Å². The van der Waals surface area contributed by atoms with E-state index in [9.17, 15) is 4.79 Å². The summed E-state index contributed by atoms with van der Waals surface area (Å²) >= 11 is 0. The average Bonchev–Trinajstić information content (AvgIpc) is 3.03. The number of benzene rings is 1. The van der Waals surface area contributed by atoms with Crippen LogP contribution in [0.5, 0.6) is 5.75 Å². The van der Waals surface area contributed by atoms with Crippen LogP contribution in [0.25, 0.3) is 0 Å². The van der Waals surface area contributed by atoms with Gasteiger partial charge in [-0.05, 0) is 43.7 Å². The Morgan fingerprint density at radius 2 is 2.00 bits per heavy atom. The Hall–Kier alpha value is -1.91. The molecular formula is C20H31N3O2. The molecule has 0 aliphatic carbocycles. The van der Waals surface area contributed by atoms with Gasteiger partial charge in [0.1, 0.15) is 5.75 Å². The Labute approximate surface area is 151 Å². The number of carbonyl (C=O) groups is 1. The third-order valence-electron chi connectivity index (χ3n) is 5.60. The maximum Gasteiger partial charge on any atom is 0.317 e. The third-order valence-corrected chi connectivity index (χ3v) is 5.60. The molecule has 1 N–H and O–H groups in total. The molecule has 0 radical (unpaired) electrons. The second-order valence-electron chi connectivity index (χ2n) is 7.44. The summed E-state index contributed by atoms with van der Waals surface area (Å²) in [5, 5.41) is 3.28. The Bertz CT molecular complexity index is 584. The third kappa shape index (κ3) is 4.02. The summed E-state index contributed by atoms with van der Waals surface area (Å²) in [5.74, 6) is 1.53. The van der Waals surface area contributed by atoms with Crippen molar-refractivity contribution in [2.75, 3.05) is 31.6 Å². The van der Waals surface area contributed by atoms with E-state index < -0.39 is 0 Å². The first-order valence-electron chi connectivity index (χ1n) is 9.57. The van der Waals surface area contributed by atoms with Gasteiger partial charge in [0.05, 0.1) is 12.8 Å². The number of rotatable bonds is 4. The van der Waals surface area contributed by atoms with Crippen molar-refractivity contribution in [2.24, 2.45) is 5.92 Å². The second-order valence-corrected chi connectivity index (χ2v) is 7.44. The maximum absolute atomic E-state index is 12.7. The molecule has 2 saturated heterocycles. The molecule has 0 spiro atoms. The number of methoxy groups -OCH3 is 1. The first kappa shape index (κ1) is 17.9. The lowest BCUT2D eigenvalue weighted by Crippen LogP contribution is -2.50. The zero-order valence-corrected chi connectivity index (χ0v) is 15.7. The molecule has 2 aliphatic heterocycles. The fourth-order valence-electron chi connectivity index (χ4n) is 4.20. The van der Waals surface area contributed by atoms with Crippen LogP contribution < -0.4 is 15.0 Å². The SMILES string of the molecule is CCC1CC(C)CN1C(=O)NC1CCN(c2ccccc2OC)CC1. The van der Waals surface area contributed by atoms with Crippen LogP contribution in [0, 0.1) is 5.92 Å². The van der Waals surface area contributed by atoms with Crippen molar-refractivity contribution in [3.63, 3.8) is 0 Å². The molecule has 138 valence electrons. The molecule has 2 fully saturated rings. The molecule has 0 bridgehead atoms. The van der Waals surface area contributed by atoms with Crippen LogP contribution in [0.1, 0.15) is 39.5 Å². The van der Waals surface area contributed by atoms with Crippen molar-refractivity contribution in [3.8, 4) is 5.75 Å². The number of urea groups is 1. The number of likely N-dealkylation sites (tertiary alicyclic amines) is 1. The van der Waals surface area contributed by atoms with Crippen molar-refractivity contribution in [1.82, 2.24) is 10.2 Å². The summed E-state index contributed by atoms with van der Waals surface area (Å²) in [6.45, 7) is 7.19. The summed E-state index contributed by atoms with van der Waals surface area (Å²) in [6, 6.07) is 8.96. The molecule has 25 heavy (non-hydrogen) atoms. The highest BCUT2D eigenvalue weighted by Crippen LogP contribution is 2.30. The van der Waals surface area contributed by atoms with Gasteiger partial charge in [-0.1, -0.05) is 26.0 Å². The molecule has 2 atom stereocenters. The number of nitrogens with one attached hydrogen (secondary N) is 1. The number of carbonyl (C=O) groups excluding carboxylic acids is 1. The standard InChI is InChI=1S/C20H31N3O2/c1-4-17-13-15(2)14-23(17)20(24)21-16-9-11-22(12-10-16)18-7-5-6-8-19(18)25-3/h5-8,15-17H,4,9-14H2,1-3H3,(H,21,24). The van der Waals surface area contributed by atoms with Crippen molar-refractivity contribution in [2.45, 2.75) is 51.6 Å². The maximum atomic E-state index is 12.7. The van der Waals surface area contributed by atoms with Gasteiger partial charge in [0.15, 0.2) is 0 Å². The van der Waals surface area contributed by atoms with E-state index in [0.717, 1.165) is 56.8 Å². The molecular weight excluding hydrogens is 314 g/mol. The number of nitrogens with zero attached hydrogens (tertiary/aromatic N) is 2. The van der Waals surface area contributed by atoms with Crippen molar-refractivity contribution in [3.05, 3.63) is 24.3 Å². The van der Waals surface area contributed by atoms with Gasteiger partial charge >= 0.3 is 6.03 Å². The van der Waals surface area contributed by atoms with E-state index >= 15 is 0 Å². The van der Waals surface area contributed by atoms with Gasteiger partial charge in [-0.15, -0.1) is 0 Å². The lowest BCUT2D eigenvalue weighted by Gasteiger charge is -2.35. The first-order valence-corrected chi connectivity index (χ1v) is 9.57. The summed E-state index contributed by atoms with van der Waals surface area (Å²) in [5.41, 5.74) is 1.15. The van der Waals surface area contributed by atoms with E-state index in [-0.39, 0.29) is 12.1 Å². The number of amides is 2. The minimum Gasteiger partial charge on any atom is -0.495 e. The number of hydrogen-bond acceptors (Lipinski definition) is 3. The molecule has 2 amide bonds. The molecule has 5 heteroatoms. The fraction of sp³-hybridized carbons (Fsp3) is 0.650.